The highest BCUT2D eigenvalue weighted by Gasteiger charge is 2.33. The van der Waals surface area contributed by atoms with E-state index in [9.17, 15) is 22.4 Å². The number of nitrogens with zero attached hydrogens (tertiary/aromatic N) is 2. The van der Waals surface area contributed by atoms with Crippen LogP contribution in [0.25, 0.3) is 0 Å². The quantitative estimate of drug-likeness (QED) is 0.279. The Kier molecular flexibility index (Phi) is 10.5. The van der Waals surface area contributed by atoms with Gasteiger partial charge in [-0.1, -0.05) is 13.0 Å². The van der Waals surface area contributed by atoms with Crippen LogP contribution in [-0.4, -0.2) is 44.0 Å². The molecule has 0 atom stereocenters. The number of rotatable bonds is 6. The van der Waals surface area contributed by atoms with Crippen molar-refractivity contribution in [2.75, 3.05) is 27.2 Å². The smallest absolute Gasteiger partial charge is 0.356 e. The molecule has 0 radical (unpaired) electrons. The van der Waals surface area contributed by atoms with Crippen molar-refractivity contribution in [3.8, 4) is 0 Å². The molecule has 1 rings (SSSR count). The van der Waals surface area contributed by atoms with E-state index in [4.69, 9.17) is 0 Å². The Bertz CT molecular complexity index is 621. The van der Waals surface area contributed by atoms with Crippen LogP contribution < -0.4 is 10.6 Å². The summed E-state index contributed by atoms with van der Waals surface area (Å²) in [5, 5.41) is 5.68. The highest BCUT2D eigenvalue weighted by molar-refractivity contribution is 14.0. The van der Waals surface area contributed by atoms with Crippen LogP contribution >= 0.6 is 24.0 Å². The van der Waals surface area contributed by atoms with Gasteiger partial charge in [0.05, 0.1) is 18.7 Å². The van der Waals surface area contributed by atoms with Gasteiger partial charge < -0.3 is 15.5 Å². The van der Waals surface area contributed by atoms with Gasteiger partial charge >= 0.3 is 6.18 Å². The second kappa shape index (κ2) is 11.2. The van der Waals surface area contributed by atoms with Gasteiger partial charge in [0.2, 0.25) is 5.91 Å². The Morgan fingerprint density at radius 1 is 1.23 bits per heavy atom. The molecule has 0 unspecified atom stereocenters. The number of likely N-dealkylation sites (N-methyl/N-ethyl adjacent to an activating group) is 1. The van der Waals surface area contributed by atoms with E-state index in [1.54, 1.807) is 14.1 Å². The molecule has 0 aromatic heterocycles. The number of carbonyl (C=O) groups excluding carboxylic acids is 1. The van der Waals surface area contributed by atoms with Gasteiger partial charge in [0.1, 0.15) is 5.82 Å². The van der Waals surface area contributed by atoms with Crippen LogP contribution in [0.1, 0.15) is 24.5 Å². The number of benzene rings is 1. The SMILES string of the molecule is CCCNC(=NCc1ccc(F)cc1C(F)(F)F)NCC(=O)N(C)C.I. The number of guanidine groups is 1. The minimum atomic E-state index is -4.67. The summed E-state index contributed by atoms with van der Waals surface area (Å²) in [5.41, 5.74) is -1.21. The standard InChI is InChI=1S/C16H22F4N4O.HI/c1-4-7-21-15(23-10-14(25)24(2)3)22-9-11-5-6-12(17)8-13(11)16(18,19)20;/h5-6,8H,4,7,9-10H2,1-3H3,(H2,21,22,23);1H. The Morgan fingerprint density at radius 2 is 1.88 bits per heavy atom. The largest absolute Gasteiger partial charge is 0.416 e. The van der Waals surface area contributed by atoms with E-state index >= 15 is 0 Å². The number of halogens is 5. The molecule has 26 heavy (non-hydrogen) atoms. The van der Waals surface area contributed by atoms with Crippen molar-refractivity contribution < 1.29 is 22.4 Å². The molecule has 10 heteroatoms. The van der Waals surface area contributed by atoms with Crippen molar-refractivity contribution in [2.24, 2.45) is 4.99 Å². The summed E-state index contributed by atoms with van der Waals surface area (Å²) < 4.78 is 52.1. The fraction of sp³-hybridized carbons (Fsp3) is 0.500. The van der Waals surface area contributed by atoms with Crippen molar-refractivity contribution >= 4 is 35.8 Å². The first-order chi connectivity index (χ1) is 11.6. The second-order valence-electron chi connectivity index (χ2n) is 5.53. The third-order valence-electron chi connectivity index (χ3n) is 3.23. The Balaban J connectivity index is 0.00000625. The number of nitrogens with one attached hydrogen (secondary N) is 2. The highest BCUT2D eigenvalue weighted by Crippen LogP contribution is 2.32. The molecule has 0 spiro atoms. The van der Waals surface area contributed by atoms with Crippen molar-refractivity contribution in [3.05, 3.63) is 35.1 Å². The first kappa shape index (κ1) is 24.4. The third kappa shape index (κ3) is 8.19. The number of alkyl halides is 3. The maximum atomic E-state index is 13.1. The van der Waals surface area contributed by atoms with Gasteiger partial charge in [-0.3, -0.25) is 4.79 Å². The van der Waals surface area contributed by atoms with E-state index in [2.05, 4.69) is 15.6 Å². The van der Waals surface area contributed by atoms with E-state index in [1.807, 2.05) is 6.92 Å². The normalized spacial score (nSPS) is 11.6. The van der Waals surface area contributed by atoms with Gasteiger partial charge in [-0.2, -0.15) is 13.2 Å². The molecule has 5 nitrogen and oxygen atoms in total. The molecule has 1 amide bonds. The van der Waals surface area contributed by atoms with Crippen molar-refractivity contribution in [1.82, 2.24) is 15.5 Å². The summed E-state index contributed by atoms with van der Waals surface area (Å²) >= 11 is 0. The lowest BCUT2D eigenvalue weighted by Crippen LogP contribution is -2.43. The average Bonchev–Trinajstić information content (AvgIpc) is 2.53. The molecule has 0 saturated carbocycles. The molecule has 1 aromatic carbocycles. The zero-order chi connectivity index (χ0) is 19.0. The first-order valence-corrected chi connectivity index (χ1v) is 7.73. The van der Waals surface area contributed by atoms with E-state index in [-0.39, 0.29) is 54.5 Å². The lowest BCUT2D eigenvalue weighted by Gasteiger charge is -2.15. The van der Waals surface area contributed by atoms with Gasteiger partial charge in [0, 0.05) is 20.6 Å². The lowest BCUT2D eigenvalue weighted by atomic mass is 10.1. The zero-order valence-electron chi connectivity index (χ0n) is 14.8. The van der Waals surface area contributed by atoms with E-state index in [0.717, 1.165) is 18.6 Å². The van der Waals surface area contributed by atoms with Crippen molar-refractivity contribution in [3.63, 3.8) is 0 Å². The number of aliphatic imine (C=N–C) groups is 1. The molecule has 0 aliphatic rings. The maximum Gasteiger partial charge on any atom is 0.416 e. The predicted molar refractivity (Wildman–Crippen MR) is 103 cm³/mol. The van der Waals surface area contributed by atoms with Crippen LogP contribution in [0.15, 0.2) is 23.2 Å². The summed E-state index contributed by atoms with van der Waals surface area (Å²) in [6.07, 6.45) is -3.90. The Hall–Kier alpha value is -1.59. The molecule has 0 aliphatic carbocycles. The number of carbonyl (C=O) groups is 1. The molecule has 148 valence electrons. The minimum Gasteiger partial charge on any atom is -0.356 e. The number of hydrogen-bond donors (Lipinski definition) is 2. The van der Waals surface area contributed by atoms with Crippen LogP contribution in [0.3, 0.4) is 0 Å². The molecule has 0 saturated heterocycles. The summed E-state index contributed by atoms with van der Waals surface area (Å²) in [5.74, 6) is -0.947. The zero-order valence-corrected chi connectivity index (χ0v) is 17.1. The molecule has 0 aliphatic heterocycles. The molecule has 0 bridgehead atoms. The average molecular weight is 490 g/mol. The summed E-state index contributed by atoms with van der Waals surface area (Å²) in [4.78, 5) is 17.1. The topological polar surface area (TPSA) is 56.7 Å². The minimum absolute atomic E-state index is 0. The molecule has 1 aromatic rings. The Morgan fingerprint density at radius 3 is 2.42 bits per heavy atom. The van der Waals surface area contributed by atoms with Gasteiger partial charge in [-0.15, -0.1) is 24.0 Å². The van der Waals surface area contributed by atoms with Gasteiger partial charge in [0.25, 0.3) is 0 Å². The van der Waals surface area contributed by atoms with Gasteiger partial charge in [0.15, 0.2) is 5.96 Å². The maximum absolute atomic E-state index is 13.1. The van der Waals surface area contributed by atoms with Gasteiger partial charge in [-0.25, -0.2) is 9.38 Å². The highest BCUT2D eigenvalue weighted by atomic mass is 127. The van der Waals surface area contributed by atoms with Gasteiger partial charge in [-0.05, 0) is 24.1 Å². The molecule has 0 heterocycles. The number of amides is 1. The fourth-order valence-corrected chi connectivity index (χ4v) is 1.85. The van der Waals surface area contributed by atoms with Crippen LogP contribution in [0, 0.1) is 5.82 Å². The third-order valence-corrected chi connectivity index (χ3v) is 3.23. The lowest BCUT2D eigenvalue weighted by molar-refractivity contribution is -0.138. The van der Waals surface area contributed by atoms with Crippen molar-refractivity contribution in [1.29, 1.82) is 0 Å². The van der Waals surface area contributed by atoms with Crippen LogP contribution in [0.5, 0.6) is 0 Å². The van der Waals surface area contributed by atoms with E-state index in [1.165, 1.54) is 4.90 Å². The molecular weight excluding hydrogens is 467 g/mol. The monoisotopic (exact) mass is 490 g/mol. The molecular formula is C16H23F4IN4O. The molecule has 0 fully saturated rings. The summed E-state index contributed by atoms with van der Waals surface area (Å²) in [6.45, 7) is 2.11. The van der Waals surface area contributed by atoms with E-state index in [0.29, 0.717) is 12.6 Å². The van der Waals surface area contributed by atoms with Crippen LogP contribution in [-0.2, 0) is 17.5 Å². The fourth-order valence-electron chi connectivity index (χ4n) is 1.85. The Labute approximate surface area is 167 Å². The van der Waals surface area contributed by atoms with Crippen molar-refractivity contribution in [2.45, 2.75) is 26.1 Å². The predicted octanol–water partition coefficient (Wildman–Crippen LogP) is 3.00. The van der Waals surface area contributed by atoms with Crippen LogP contribution in [0.4, 0.5) is 17.6 Å². The second-order valence-corrected chi connectivity index (χ2v) is 5.53. The number of hydrogen-bond acceptors (Lipinski definition) is 2. The van der Waals surface area contributed by atoms with E-state index < -0.39 is 17.6 Å². The molecule has 2 N–H and O–H groups in total. The summed E-state index contributed by atoms with van der Waals surface area (Å²) in [7, 11) is 3.18. The summed E-state index contributed by atoms with van der Waals surface area (Å²) in [6, 6.07) is 2.47. The first-order valence-electron chi connectivity index (χ1n) is 7.73. The van der Waals surface area contributed by atoms with Crippen LogP contribution in [0.2, 0.25) is 0 Å².